The Hall–Kier alpha value is -2.89. The molecule has 0 bridgehead atoms. The number of aliphatic hydroxyl groups excluding tert-OH is 1. The molecule has 0 spiro atoms. The van der Waals surface area contributed by atoms with Gasteiger partial charge in [-0.25, -0.2) is 13.8 Å². The minimum atomic E-state index is -4.84. The molecule has 11 heteroatoms. The third kappa shape index (κ3) is 7.58. The molecule has 2 N–H and O–H groups in total. The van der Waals surface area contributed by atoms with E-state index in [0.29, 0.717) is 12.5 Å². The number of hydrogen-bond acceptors (Lipinski definition) is 6. The van der Waals surface area contributed by atoms with E-state index in [-0.39, 0.29) is 34.6 Å². The van der Waals surface area contributed by atoms with Crippen molar-refractivity contribution in [3.05, 3.63) is 53.9 Å². The van der Waals surface area contributed by atoms with E-state index in [1.54, 1.807) is 27.7 Å². The van der Waals surface area contributed by atoms with Crippen molar-refractivity contribution in [2.24, 2.45) is 5.92 Å². The van der Waals surface area contributed by atoms with Crippen molar-refractivity contribution in [2.75, 3.05) is 6.61 Å². The Morgan fingerprint density at radius 1 is 1.03 bits per heavy atom. The Balaban J connectivity index is 1.97. The first-order chi connectivity index (χ1) is 17.5. The summed E-state index contributed by atoms with van der Waals surface area (Å²) >= 11 is 0. The van der Waals surface area contributed by atoms with Gasteiger partial charge in [-0.15, -0.1) is 0 Å². The molecule has 2 heterocycles. The van der Waals surface area contributed by atoms with Gasteiger partial charge in [0.05, 0.1) is 16.7 Å². The first-order valence-electron chi connectivity index (χ1n) is 12.1. The number of nitrogens with zero attached hydrogens (tertiary/aromatic N) is 2. The lowest BCUT2D eigenvalue weighted by Gasteiger charge is -2.36. The van der Waals surface area contributed by atoms with E-state index in [1.807, 2.05) is 13.8 Å². The molecule has 6 nitrogen and oxygen atoms in total. The first-order valence-corrected chi connectivity index (χ1v) is 12.1. The summed E-state index contributed by atoms with van der Waals surface area (Å²) in [7, 11) is 0. The average molecular weight is 542 g/mol. The minimum Gasteiger partial charge on any atom is -0.475 e. The molecule has 0 radical (unpaired) electrons. The van der Waals surface area contributed by atoms with Gasteiger partial charge in [0, 0.05) is 35.5 Å². The molecule has 0 aliphatic carbocycles. The molecule has 2 aromatic heterocycles. The van der Waals surface area contributed by atoms with Gasteiger partial charge in [0.2, 0.25) is 12.3 Å². The molecule has 0 amide bonds. The summed E-state index contributed by atoms with van der Waals surface area (Å²) in [6, 6.07) is 3.78. The smallest absolute Gasteiger partial charge is 0.421 e. The van der Waals surface area contributed by atoms with E-state index < -0.39 is 46.8 Å². The third-order valence-corrected chi connectivity index (χ3v) is 5.55. The fourth-order valence-corrected chi connectivity index (χ4v) is 4.31. The zero-order valence-electron chi connectivity index (χ0n) is 22.1. The van der Waals surface area contributed by atoms with E-state index >= 15 is 0 Å². The number of ether oxygens (including phenoxy) is 2. The molecule has 38 heavy (non-hydrogen) atoms. The van der Waals surface area contributed by atoms with Crippen LogP contribution >= 0.6 is 0 Å². The third-order valence-electron chi connectivity index (χ3n) is 5.55. The summed E-state index contributed by atoms with van der Waals surface area (Å²) in [6.07, 6.45) is -3.41. The van der Waals surface area contributed by atoms with E-state index in [2.05, 4.69) is 15.3 Å². The number of benzene rings is 1. The topological polar surface area (TPSA) is 76.5 Å². The number of alkyl halides is 3. The number of aromatic nitrogens is 2. The van der Waals surface area contributed by atoms with E-state index in [9.17, 15) is 27.1 Å². The second kappa shape index (κ2) is 11.1. The largest absolute Gasteiger partial charge is 0.475 e. The van der Waals surface area contributed by atoms with Crippen LogP contribution in [-0.2, 0) is 10.9 Å². The normalized spacial score (nSPS) is 15.1. The number of hydrogen-bond donors (Lipinski definition) is 2. The molecule has 2 atom stereocenters. The second-order valence-corrected chi connectivity index (χ2v) is 10.9. The summed E-state index contributed by atoms with van der Waals surface area (Å²) in [4.78, 5) is 7.83. The SMILES string of the molecule is CC(C)C[C@@](C)(COc1ncc(-c2ccnc3cc(F)cc(F)c23)cc1C(F)(F)F)NC(O)OC(C)(C)C. The molecular formula is C27H32F5N3O3. The second-order valence-electron chi connectivity index (χ2n) is 10.9. The monoisotopic (exact) mass is 541 g/mol. The fourth-order valence-electron chi connectivity index (χ4n) is 4.31. The number of fused-ring (bicyclic) bond motifs is 1. The Kier molecular flexibility index (Phi) is 8.64. The van der Waals surface area contributed by atoms with Gasteiger partial charge >= 0.3 is 6.18 Å². The van der Waals surface area contributed by atoms with Gasteiger partial charge in [0.1, 0.15) is 23.8 Å². The van der Waals surface area contributed by atoms with Crippen LogP contribution in [0, 0.1) is 17.6 Å². The minimum absolute atomic E-state index is 0.0413. The highest BCUT2D eigenvalue weighted by molar-refractivity contribution is 5.94. The van der Waals surface area contributed by atoms with Crippen molar-refractivity contribution in [3.8, 4) is 17.0 Å². The highest BCUT2D eigenvalue weighted by atomic mass is 19.4. The van der Waals surface area contributed by atoms with Crippen LogP contribution in [0.5, 0.6) is 5.88 Å². The predicted octanol–water partition coefficient (Wildman–Crippen LogP) is 6.46. The molecule has 1 aromatic carbocycles. The molecular weight excluding hydrogens is 509 g/mol. The molecule has 0 aliphatic rings. The van der Waals surface area contributed by atoms with E-state index in [1.165, 1.54) is 12.3 Å². The van der Waals surface area contributed by atoms with Crippen LogP contribution in [0.1, 0.15) is 53.5 Å². The van der Waals surface area contributed by atoms with Crippen molar-refractivity contribution in [3.63, 3.8) is 0 Å². The van der Waals surface area contributed by atoms with Gasteiger partial charge in [0.15, 0.2) is 0 Å². The Morgan fingerprint density at radius 3 is 2.32 bits per heavy atom. The number of pyridine rings is 2. The Bertz CT molecular complexity index is 1280. The van der Waals surface area contributed by atoms with E-state index in [4.69, 9.17) is 9.47 Å². The summed E-state index contributed by atoms with van der Waals surface area (Å²) in [6.45, 7) is 10.5. The molecule has 0 fully saturated rings. The summed E-state index contributed by atoms with van der Waals surface area (Å²) in [5.74, 6) is -2.37. The van der Waals surface area contributed by atoms with Gasteiger partial charge in [-0.05, 0) is 57.7 Å². The standard InChI is InChI=1S/C27H32F5N3O3/c1-15(2)12-26(6,35-24(36)38-25(3,4)5)14-37-23-19(27(30,31)32)9-16(13-34-23)18-7-8-33-21-11-17(28)10-20(29)22(18)21/h7-11,13,15,24,35-36H,12,14H2,1-6H3/t24?,26-/m0/s1. The van der Waals surface area contributed by atoms with Crippen LogP contribution in [0.25, 0.3) is 22.0 Å². The number of halogens is 5. The van der Waals surface area contributed by atoms with Gasteiger partial charge in [-0.2, -0.15) is 13.2 Å². The quantitative estimate of drug-likeness (QED) is 0.239. The Labute approximate surface area is 218 Å². The highest BCUT2D eigenvalue weighted by Gasteiger charge is 2.37. The summed E-state index contributed by atoms with van der Waals surface area (Å²) < 4.78 is 81.6. The summed E-state index contributed by atoms with van der Waals surface area (Å²) in [5.41, 5.74) is -2.82. The maximum absolute atomic E-state index is 14.6. The van der Waals surface area contributed by atoms with Crippen molar-refractivity contribution in [2.45, 2.75) is 71.7 Å². The highest BCUT2D eigenvalue weighted by Crippen LogP contribution is 2.39. The lowest BCUT2D eigenvalue weighted by molar-refractivity contribution is -0.194. The van der Waals surface area contributed by atoms with Crippen molar-refractivity contribution < 1.29 is 36.5 Å². The molecule has 0 saturated carbocycles. The van der Waals surface area contributed by atoms with Crippen molar-refractivity contribution in [1.82, 2.24) is 15.3 Å². The zero-order valence-corrected chi connectivity index (χ0v) is 22.1. The molecule has 0 saturated heterocycles. The van der Waals surface area contributed by atoms with Gasteiger partial charge in [-0.3, -0.25) is 10.3 Å². The molecule has 3 aromatic rings. The molecule has 3 rings (SSSR count). The van der Waals surface area contributed by atoms with Crippen LogP contribution in [0.2, 0.25) is 0 Å². The zero-order chi connectivity index (χ0) is 28.5. The first kappa shape index (κ1) is 29.7. The lowest BCUT2D eigenvalue weighted by atomic mass is 9.91. The number of aliphatic hydroxyl groups is 1. The maximum atomic E-state index is 14.6. The Morgan fingerprint density at radius 2 is 1.71 bits per heavy atom. The lowest BCUT2D eigenvalue weighted by Crippen LogP contribution is -2.55. The van der Waals surface area contributed by atoms with Crippen LogP contribution in [0.15, 0.2) is 36.7 Å². The van der Waals surface area contributed by atoms with Crippen molar-refractivity contribution >= 4 is 10.9 Å². The van der Waals surface area contributed by atoms with Crippen LogP contribution in [0.4, 0.5) is 22.0 Å². The fraction of sp³-hybridized carbons (Fsp3) is 0.481. The van der Waals surface area contributed by atoms with Crippen molar-refractivity contribution in [1.29, 1.82) is 0 Å². The maximum Gasteiger partial charge on any atom is 0.421 e. The van der Waals surface area contributed by atoms with Crippen LogP contribution < -0.4 is 10.1 Å². The molecule has 208 valence electrons. The molecule has 1 unspecified atom stereocenters. The van der Waals surface area contributed by atoms with Gasteiger partial charge in [-0.1, -0.05) is 13.8 Å². The number of rotatable bonds is 9. The van der Waals surface area contributed by atoms with Crippen LogP contribution in [0.3, 0.4) is 0 Å². The average Bonchev–Trinajstić information content (AvgIpc) is 2.74. The van der Waals surface area contributed by atoms with Gasteiger partial charge < -0.3 is 14.6 Å². The van der Waals surface area contributed by atoms with Gasteiger partial charge in [0.25, 0.3) is 0 Å². The predicted molar refractivity (Wildman–Crippen MR) is 133 cm³/mol. The molecule has 0 aliphatic heterocycles. The number of nitrogens with one attached hydrogen (secondary N) is 1. The summed E-state index contributed by atoms with van der Waals surface area (Å²) in [5, 5.41) is 13.1. The van der Waals surface area contributed by atoms with E-state index in [0.717, 1.165) is 18.3 Å². The van der Waals surface area contributed by atoms with Crippen LogP contribution in [-0.4, -0.2) is 39.2 Å².